The second-order valence-corrected chi connectivity index (χ2v) is 3.33. The number of rotatable bonds is 1. The van der Waals surface area contributed by atoms with Gasteiger partial charge in [0.05, 0.1) is 0 Å². The van der Waals surface area contributed by atoms with Crippen LogP contribution in [0.2, 0.25) is 0 Å². The summed E-state index contributed by atoms with van der Waals surface area (Å²) in [6, 6.07) is 0.629. The first-order valence-electron chi connectivity index (χ1n) is 4.32. The molecule has 70 valence electrons. The lowest BCUT2D eigenvalue weighted by atomic mass is 9.99. The number of carbonyl (C=O) groups is 1. The number of amides is 1. The molecule has 0 radical (unpaired) electrons. The Balaban J connectivity index is 2.47. The summed E-state index contributed by atoms with van der Waals surface area (Å²) in [5.41, 5.74) is 0. The van der Waals surface area contributed by atoms with Gasteiger partial charge in [0.25, 0.3) is 0 Å². The second kappa shape index (κ2) is 3.76. The van der Waals surface area contributed by atoms with Gasteiger partial charge in [-0.3, -0.25) is 0 Å². The fourth-order valence-corrected chi connectivity index (χ4v) is 1.72. The zero-order chi connectivity index (χ0) is 9.14. The summed E-state index contributed by atoms with van der Waals surface area (Å²) < 4.78 is 0. The van der Waals surface area contributed by atoms with Crippen molar-refractivity contribution in [2.45, 2.75) is 31.8 Å². The summed E-state index contributed by atoms with van der Waals surface area (Å²) in [6.07, 6.45) is 1.05. The van der Waals surface area contributed by atoms with E-state index in [-0.39, 0.29) is 6.04 Å². The average Bonchev–Trinajstić information content (AvgIpc) is 2.03. The van der Waals surface area contributed by atoms with Crippen LogP contribution >= 0.6 is 0 Å². The monoisotopic (exact) mass is 172 g/mol. The van der Waals surface area contributed by atoms with E-state index in [0.29, 0.717) is 12.6 Å². The van der Waals surface area contributed by atoms with Crippen molar-refractivity contribution in [3.8, 4) is 0 Å². The minimum Gasteiger partial charge on any atom is -0.465 e. The zero-order valence-corrected chi connectivity index (χ0v) is 7.58. The molecule has 4 heteroatoms. The maximum absolute atomic E-state index is 10.7. The molecule has 0 aromatic heterocycles. The number of nitrogens with zero attached hydrogens (tertiary/aromatic N) is 1. The summed E-state index contributed by atoms with van der Waals surface area (Å²) in [5, 5.41) is 11.9. The first-order valence-corrected chi connectivity index (χ1v) is 4.32. The van der Waals surface area contributed by atoms with Crippen molar-refractivity contribution in [2.75, 3.05) is 13.6 Å². The molecule has 1 fully saturated rings. The van der Waals surface area contributed by atoms with Crippen LogP contribution in [0.15, 0.2) is 0 Å². The molecule has 0 aromatic carbocycles. The van der Waals surface area contributed by atoms with Gasteiger partial charge in [-0.25, -0.2) is 4.79 Å². The standard InChI is InChI=1S/C8H16N2O2/c1-6-5-7(9-2)3-4-10(6)8(11)12/h6-7,9H,3-5H2,1-2H3,(H,11,12)/t6-,7-/m1/s1. The van der Waals surface area contributed by atoms with E-state index in [0.717, 1.165) is 12.8 Å². The quantitative estimate of drug-likeness (QED) is 0.613. The molecule has 1 saturated heterocycles. The Morgan fingerprint density at radius 2 is 2.33 bits per heavy atom. The Morgan fingerprint density at radius 1 is 1.67 bits per heavy atom. The predicted octanol–water partition coefficient (Wildman–Crippen LogP) is 0.737. The highest BCUT2D eigenvalue weighted by molar-refractivity contribution is 5.65. The highest BCUT2D eigenvalue weighted by Crippen LogP contribution is 2.16. The van der Waals surface area contributed by atoms with E-state index in [1.54, 1.807) is 0 Å². The number of hydrogen-bond acceptors (Lipinski definition) is 2. The molecule has 2 N–H and O–H groups in total. The number of carboxylic acid groups (broad SMARTS) is 1. The molecule has 0 saturated carbocycles. The maximum atomic E-state index is 10.7. The third-order valence-electron chi connectivity index (χ3n) is 2.53. The van der Waals surface area contributed by atoms with E-state index in [9.17, 15) is 4.79 Å². The van der Waals surface area contributed by atoms with E-state index < -0.39 is 6.09 Å². The molecule has 1 amide bonds. The molecule has 12 heavy (non-hydrogen) atoms. The fraction of sp³-hybridized carbons (Fsp3) is 0.875. The summed E-state index contributed by atoms with van der Waals surface area (Å²) in [5.74, 6) is 0. The average molecular weight is 172 g/mol. The maximum Gasteiger partial charge on any atom is 0.407 e. The van der Waals surface area contributed by atoms with Crippen molar-refractivity contribution in [1.29, 1.82) is 0 Å². The van der Waals surface area contributed by atoms with Gasteiger partial charge < -0.3 is 15.3 Å². The van der Waals surface area contributed by atoms with E-state index in [2.05, 4.69) is 5.32 Å². The van der Waals surface area contributed by atoms with E-state index in [1.807, 2.05) is 14.0 Å². The molecule has 1 aliphatic heterocycles. The van der Waals surface area contributed by atoms with Crippen LogP contribution in [0.4, 0.5) is 4.79 Å². The highest BCUT2D eigenvalue weighted by atomic mass is 16.4. The summed E-state index contributed by atoms with van der Waals surface area (Å²) in [6.45, 7) is 2.61. The molecule has 2 atom stereocenters. The van der Waals surface area contributed by atoms with E-state index >= 15 is 0 Å². The topological polar surface area (TPSA) is 52.6 Å². The minimum absolute atomic E-state index is 0.147. The van der Waals surface area contributed by atoms with Gasteiger partial charge in [0.2, 0.25) is 0 Å². The van der Waals surface area contributed by atoms with E-state index in [1.165, 1.54) is 4.90 Å². The fourth-order valence-electron chi connectivity index (χ4n) is 1.72. The minimum atomic E-state index is -0.794. The van der Waals surface area contributed by atoms with Crippen molar-refractivity contribution in [3.05, 3.63) is 0 Å². The lowest BCUT2D eigenvalue weighted by Crippen LogP contribution is -2.48. The number of likely N-dealkylation sites (tertiary alicyclic amines) is 1. The molecule has 1 aliphatic rings. The largest absolute Gasteiger partial charge is 0.465 e. The number of piperidine rings is 1. The first kappa shape index (κ1) is 9.32. The van der Waals surface area contributed by atoms with Crippen LogP contribution < -0.4 is 5.32 Å². The summed E-state index contributed by atoms with van der Waals surface area (Å²) in [4.78, 5) is 12.2. The van der Waals surface area contributed by atoms with Crippen LogP contribution in [0.25, 0.3) is 0 Å². The van der Waals surface area contributed by atoms with Crippen molar-refractivity contribution in [2.24, 2.45) is 0 Å². The van der Waals surface area contributed by atoms with E-state index in [4.69, 9.17) is 5.11 Å². The van der Waals surface area contributed by atoms with Crippen LogP contribution in [0.5, 0.6) is 0 Å². The van der Waals surface area contributed by atoms with Gasteiger partial charge in [-0.15, -0.1) is 0 Å². The molecule has 0 unspecified atom stereocenters. The van der Waals surface area contributed by atoms with Gasteiger partial charge in [0.15, 0.2) is 0 Å². The Kier molecular flexibility index (Phi) is 2.92. The molecule has 4 nitrogen and oxygen atoms in total. The van der Waals surface area contributed by atoms with Gasteiger partial charge >= 0.3 is 6.09 Å². The lowest BCUT2D eigenvalue weighted by Gasteiger charge is -2.35. The van der Waals surface area contributed by atoms with Gasteiger partial charge in [0.1, 0.15) is 0 Å². The number of nitrogens with one attached hydrogen (secondary N) is 1. The molecule has 0 aromatic rings. The predicted molar refractivity (Wildman–Crippen MR) is 46.3 cm³/mol. The SMILES string of the molecule is CN[C@@H]1CCN(C(=O)O)[C@H](C)C1. The molecule has 0 spiro atoms. The second-order valence-electron chi connectivity index (χ2n) is 3.33. The Hall–Kier alpha value is -0.770. The molecular formula is C8H16N2O2. The summed E-state index contributed by atoms with van der Waals surface area (Å²) in [7, 11) is 1.92. The van der Waals surface area contributed by atoms with Crippen molar-refractivity contribution in [1.82, 2.24) is 10.2 Å². The van der Waals surface area contributed by atoms with Gasteiger partial charge in [-0.2, -0.15) is 0 Å². The lowest BCUT2D eigenvalue weighted by molar-refractivity contribution is 0.104. The molecule has 0 bridgehead atoms. The van der Waals surface area contributed by atoms with Crippen molar-refractivity contribution < 1.29 is 9.90 Å². The Morgan fingerprint density at radius 3 is 2.75 bits per heavy atom. The smallest absolute Gasteiger partial charge is 0.407 e. The Bertz CT molecular complexity index is 172. The van der Waals surface area contributed by atoms with Gasteiger partial charge in [0, 0.05) is 18.6 Å². The highest BCUT2D eigenvalue weighted by Gasteiger charge is 2.27. The first-order chi connectivity index (χ1) is 5.65. The molecule has 1 heterocycles. The van der Waals surface area contributed by atoms with Gasteiger partial charge in [-0.1, -0.05) is 0 Å². The molecular weight excluding hydrogens is 156 g/mol. The Labute approximate surface area is 72.6 Å². The molecule has 1 rings (SSSR count). The third kappa shape index (κ3) is 1.88. The summed E-state index contributed by atoms with van der Waals surface area (Å²) >= 11 is 0. The van der Waals surface area contributed by atoms with Crippen LogP contribution in [0, 0.1) is 0 Å². The zero-order valence-electron chi connectivity index (χ0n) is 7.58. The van der Waals surface area contributed by atoms with Crippen molar-refractivity contribution >= 4 is 6.09 Å². The third-order valence-corrected chi connectivity index (χ3v) is 2.53. The normalized spacial score (nSPS) is 30.3. The van der Waals surface area contributed by atoms with Crippen LogP contribution in [-0.4, -0.2) is 41.8 Å². The van der Waals surface area contributed by atoms with Crippen molar-refractivity contribution in [3.63, 3.8) is 0 Å². The van der Waals surface area contributed by atoms with Crippen LogP contribution in [0.1, 0.15) is 19.8 Å². The number of hydrogen-bond donors (Lipinski definition) is 2. The van der Waals surface area contributed by atoms with Gasteiger partial charge in [-0.05, 0) is 26.8 Å². The van der Waals surface area contributed by atoms with Crippen LogP contribution in [-0.2, 0) is 0 Å². The van der Waals surface area contributed by atoms with Crippen LogP contribution in [0.3, 0.4) is 0 Å². The molecule has 0 aliphatic carbocycles.